The highest BCUT2D eigenvalue weighted by molar-refractivity contribution is 6.19. The average molecular weight is 308 g/mol. The third-order valence-corrected chi connectivity index (χ3v) is 3.45. The van der Waals surface area contributed by atoms with E-state index in [1.54, 1.807) is 30.3 Å². The lowest BCUT2D eigenvalue weighted by molar-refractivity contribution is -0.167. The normalized spacial score (nSPS) is 12.3. The zero-order valence-corrected chi connectivity index (χ0v) is 12.1. The summed E-state index contributed by atoms with van der Waals surface area (Å²) < 4.78 is 37.9. The maximum Gasteiger partial charge on any atom is 0.406 e. The summed E-state index contributed by atoms with van der Waals surface area (Å²) in [4.78, 5) is 13.0. The first-order valence-electron chi connectivity index (χ1n) is 6.12. The second-order valence-corrected chi connectivity index (χ2v) is 5.55. The van der Waals surface area contributed by atoms with Gasteiger partial charge in [0.2, 0.25) is 5.91 Å². The minimum Gasteiger partial charge on any atom is -0.329 e. The molecule has 0 spiro atoms. The number of hydrogen-bond donors (Lipinski definition) is 0. The van der Waals surface area contributed by atoms with E-state index in [0.29, 0.717) is 5.56 Å². The third kappa shape index (κ3) is 5.04. The molecule has 2 nitrogen and oxygen atoms in total. The first-order valence-corrected chi connectivity index (χ1v) is 6.65. The number of halogens is 4. The van der Waals surface area contributed by atoms with Crippen LogP contribution in [0.25, 0.3) is 0 Å². The van der Waals surface area contributed by atoms with E-state index in [1.165, 1.54) is 13.8 Å². The summed E-state index contributed by atoms with van der Waals surface area (Å²) in [6.45, 7) is 1.72. The molecule has 1 rings (SSSR count). The minimum atomic E-state index is -4.44. The number of benzene rings is 1. The van der Waals surface area contributed by atoms with Crippen LogP contribution in [0.2, 0.25) is 0 Å². The van der Waals surface area contributed by atoms with Crippen molar-refractivity contribution in [3.05, 3.63) is 35.9 Å². The van der Waals surface area contributed by atoms with E-state index in [1.807, 2.05) is 0 Å². The Morgan fingerprint density at radius 3 is 2.20 bits per heavy atom. The lowest BCUT2D eigenvalue weighted by Gasteiger charge is -2.31. The third-order valence-electron chi connectivity index (χ3n) is 2.79. The number of carbonyl (C=O) groups excluding carboxylic acids is 1. The summed E-state index contributed by atoms with van der Waals surface area (Å²) in [5.41, 5.74) is -0.378. The minimum absolute atomic E-state index is 0.0328. The van der Waals surface area contributed by atoms with Crippen LogP contribution < -0.4 is 0 Å². The van der Waals surface area contributed by atoms with Gasteiger partial charge in [0, 0.05) is 12.4 Å². The fourth-order valence-electron chi connectivity index (χ4n) is 1.70. The van der Waals surface area contributed by atoms with Crippen LogP contribution in [0.15, 0.2) is 30.3 Å². The van der Waals surface area contributed by atoms with Gasteiger partial charge in [-0.2, -0.15) is 13.2 Å². The Labute approximate surface area is 121 Å². The lowest BCUT2D eigenvalue weighted by atomic mass is 9.94. The van der Waals surface area contributed by atoms with Gasteiger partial charge in [0.05, 0.1) is 5.41 Å². The zero-order chi connectivity index (χ0) is 15.4. The van der Waals surface area contributed by atoms with E-state index >= 15 is 0 Å². The van der Waals surface area contributed by atoms with Crippen LogP contribution >= 0.6 is 11.6 Å². The molecule has 6 heteroatoms. The highest BCUT2D eigenvalue weighted by Gasteiger charge is 2.38. The van der Waals surface area contributed by atoms with E-state index in [4.69, 9.17) is 11.6 Å². The van der Waals surface area contributed by atoms with Gasteiger partial charge in [0.1, 0.15) is 6.54 Å². The number of alkyl halides is 4. The van der Waals surface area contributed by atoms with Crippen LogP contribution in [0, 0.1) is 5.41 Å². The van der Waals surface area contributed by atoms with Crippen molar-refractivity contribution in [2.24, 2.45) is 5.41 Å². The van der Waals surface area contributed by atoms with Crippen LogP contribution in [0.4, 0.5) is 13.2 Å². The van der Waals surface area contributed by atoms with Crippen LogP contribution in [0.3, 0.4) is 0 Å². The van der Waals surface area contributed by atoms with Gasteiger partial charge >= 0.3 is 6.18 Å². The fourth-order valence-corrected chi connectivity index (χ4v) is 1.82. The summed E-state index contributed by atoms with van der Waals surface area (Å²) >= 11 is 5.68. The molecule has 112 valence electrons. The Hall–Kier alpha value is -1.23. The van der Waals surface area contributed by atoms with E-state index in [2.05, 4.69) is 0 Å². The van der Waals surface area contributed by atoms with Crippen molar-refractivity contribution < 1.29 is 18.0 Å². The van der Waals surface area contributed by atoms with E-state index < -0.39 is 24.0 Å². The van der Waals surface area contributed by atoms with Crippen LogP contribution in [0.1, 0.15) is 19.4 Å². The van der Waals surface area contributed by atoms with E-state index in [-0.39, 0.29) is 12.4 Å². The van der Waals surface area contributed by atoms with Gasteiger partial charge in [0.25, 0.3) is 0 Å². The van der Waals surface area contributed by atoms with Crippen molar-refractivity contribution >= 4 is 17.5 Å². The Morgan fingerprint density at radius 1 is 1.20 bits per heavy atom. The lowest BCUT2D eigenvalue weighted by Crippen LogP contribution is -2.45. The summed E-state index contributed by atoms with van der Waals surface area (Å²) in [6, 6.07) is 8.58. The largest absolute Gasteiger partial charge is 0.406 e. The molecule has 20 heavy (non-hydrogen) atoms. The molecule has 0 unspecified atom stereocenters. The molecule has 0 radical (unpaired) electrons. The summed E-state index contributed by atoms with van der Waals surface area (Å²) in [5, 5.41) is 0. The smallest absolute Gasteiger partial charge is 0.329 e. The number of hydrogen-bond acceptors (Lipinski definition) is 1. The Kier molecular flexibility index (Phi) is 5.45. The maximum absolute atomic E-state index is 12.6. The van der Waals surface area contributed by atoms with Crippen molar-refractivity contribution in [2.75, 3.05) is 12.4 Å². The van der Waals surface area contributed by atoms with E-state index in [0.717, 1.165) is 4.90 Å². The van der Waals surface area contributed by atoms with Crippen LogP contribution in [-0.4, -0.2) is 29.4 Å². The number of amides is 1. The van der Waals surface area contributed by atoms with Crippen molar-refractivity contribution in [1.29, 1.82) is 0 Å². The molecule has 0 saturated heterocycles. The van der Waals surface area contributed by atoms with Crippen molar-refractivity contribution in [3.8, 4) is 0 Å². The van der Waals surface area contributed by atoms with Crippen molar-refractivity contribution in [2.45, 2.75) is 26.6 Å². The number of nitrogens with zero attached hydrogens (tertiary/aromatic N) is 1. The van der Waals surface area contributed by atoms with Gasteiger partial charge in [-0.15, -0.1) is 11.6 Å². The number of rotatable bonds is 5. The monoisotopic (exact) mass is 307 g/mol. The highest BCUT2D eigenvalue weighted by Crippen LogP contribution is 2.25. The van der Waals surface area contributed by atoms with Gasteiger partial charge in [-0.1, -0.05) is 30.3 Å². The van der Waals surface area contributed by atoms with Gasteiger partial charge in [0.15, 0.2) is 0 Å². The number of carbonyl (C=O) groups is 1. The fraction of sp³-hybridized carbons (Fsp3) is 0.500. The quantitative estimate of drug-likeness (QED) is 0.757. The average Bonchev–Trinajstić information content (AvgIpc) is 2.36. The van der Waals surface area contributed by atoms with Gasteiger partial charge in [-0.3, -0.25) is 4.79 Å². The molecule has 0 atom stereocenters. The van der Waals surface area contributed by atoms with Crippen molar-refractivity contribution in [3.63, 3.8) is 0 Å². The Morgan fingerprint density at radius 2 is 1.75 bits per heavy atom. The predicted octanol–water partition coefficient (Wildman–Crippen LogP) is 3.84. The maximum atomic E-state index is 12.6. The molecule has 0 fully saturated rings. The molecule has 0 bridgehead atoms. The van der Waals surface area contributed by atoms with Crippen molar-refractivity contribution in [1.82, 2.24) is 4.90 Å². The Bertz CT molecular complexity index is 445. The van der Waals surface area contributed by atoms with Gasteiger partial charge in [-0.05, 0) is 19.4 Å². The molecule has 1 amide bonds. The zero-order valence-electron chi connectivity index (χ0n) is 11.4. The molecule has 1 aromatic carbocycles. The Balaban J connectivity index is 2.94. The predicted molar refractivity (Wildman–Crippen MR) is 72.4 cm³/mol. The summed E-state index contributed by atoms with van der Waals surface area (Å²) in [6.07, 6.45) is -4.44. The molecule has 1 aromatic rings. The molecular weight excluding hydrogens is 291 g/mol. The van der Waals surface area contributed by atoms with Gasteiger partial charge < -0.3 is 4.90 Å². The van der Waals surface area contributed by atoms with E-state index in [9.17, 15) is 18.0 Å². The van der Waals surface area contributed by atoms with Gasteiger partial charge in [-0.25, -0.2) is 0 Å². The molecule has 0 aliphatic heterocycles. The van der Waals surface area contributed by atoms with Crippen LogP contribution in [-0.2, 0) is 11.3 Å². The molecule has 0 aliphatic rings. The molecular formula is C14H17ClF3NO. The highest BCUT2D eigenvalue weighted by atomic mass is 35.5. The second-order valence-electron chi connectivity index (χ2n) is 5.28. The molecule has 0 aromatic heterocycles. The topological polar surface area (TPSA) is 20.3 Å². The molecule has 0 heterocycles. The first kappa shape index (κ1) is 16.8. The molecule has 0 aliphatic carbocycles. The molecule has 0 saturated carbocycles. The summed E-state index contributed by atoms with van der Waals surface area (Å²) in [5.74, 6) is -0.636. The standard InChI is InChI=1S/C14H17ClF3NO/c1-13(2,9-15)12(20)19(10-14(16,17)18)8-11-6-4-3-5-7-11/h3-7H,8-10H2,1-2H3. The summed E-state index contributed by atoms with van der Waals surface area (Å²) in [7, 11) is 0. The second kappa shape index (κ2) is 6.48. The molecule has 0 N–H and O–H groups in total. The van der Waals surface area contributed by atoms with Crippen LogP contribution in [0.5, 0.6) is 0 Å². The SMILES string of the molecule is CC(C)(CCl)C(=O)N(Cc1ccccc1)CC(F)(F)F. The first-order chi connectivity index (χ1) is 9.15.